The molecule has 1 heterocycles. The third kappa shape index (κ3) is 10.5. The van der Waals surface area contributed by atoms with E-state index in [0.29, 0.717) is 45.5 Å². The van der Waals surface area contributed by atoms with Gasteiger partial charge in [0.1, 0.15) is 23.6 Å². The number of carbonyl (C=O) groups excluding carboxylic acids is 2. The number of esters is 1. The predicted octanol–water partition coefficient (Wildman–Crippen LogP) is 8.20. The van der Waals surface area contributed by atoms with Crippen molar-refractivity contribution in [2.24, 2.45) is 0 Å². The van der Waals surface area contributed by atoms with Gasteiger partial charge in [-0.05, 0) is 55.0 Å². The van der Waals surface area contributed by atoms with Crippen LogP contribution in [0, 0.1) is 0 Å². The number of rotatable bonds is 8. The van der Waals surface area contributed by atoms with E-state index in [9.17, 15) is 9.59 Å². The van der Waals surface area contributed by atoms with Crippen molar-refractivity contribution < 1.29 is 33.3 Å². The van der Waals surface area contributed by atoms with Crippen LogP contribution in [-0.2, 0) is 11.2 Å². The molecule has 0 N–H and O–H groups in total. The van der Waals surface area contributed by atoms with E-state index in [-0.39, 0.29) is 12.4 Å². The molecule has 5 aromatic rings. The van der Waals surface area contributed by atoms with Crippen LogP contribution in [0.15, 0.2) is 116 Å². The molecule has 0 aliphatic heterocycles. The minimum atomic E-state index is -0.814. The normalized spacial score (nSPS) is 9.73. The van der Waals surface area contributed by atoms with Gasteiger partial charge in [0.2, 0.25) is 5.88 Å². The molecule has 0 saturated carbocycles. The SMILES string of the molecule is C=CC.COc1cc2ncnc(Oc3ccc(CC(=O)Oc4ccccc4)cc3)c2cc1OC.O=C(Cl)Oc1ccccc1. The number of allylic oxidation sites excluding steroid dienone is 1. The second-order valence-electron chi connectivity index (χ2n) is 8.67. The summed E-state index contributed by atoms with van der Waals surface area (Å²) in [6.45, 7) is 5.25. The number of ether oxygens (including phenoxy) is 5. The fraction of sp³-hybridized carbons (Fsp3) is 0.118. The van der Waals surface area contributed by atoms with Crippen molar-refractivity contribution in [3.63, 3.8) is 0 Å². The Labute approximate surface area is 260 Å². The second kappa shape index (κ2) is 17.5. The maximum absolute atomic E-state index is 12.1. The highest BCUT2D eigenvalue weighted by Crippen LogP contribution is 2.35. The van der Waals surface area contributed by atoms with Gasteiger partial charge >= 0.3 is 11.4 Å². The van der Waals surface area contributed by atoms with Gasteiger partial charge in [0.05, 0.1) is 31.5 Å². The largest absolute Gasteiger partial charge is 0.493 e. The van der Waals surface area contributed by atoms with E-state index in [1.54, 1.807) is 81.0 Å². The van der Waals surface area contributed by atoms with Gasteiger partial charge in [0, 0.05) is 17.7 Å². The number of aromatic nitrogens is 2. The summed E-state index contributed by atoms with van der Waals surface area (Å²) in [5.41, 5.74) is 0.668. The van der Waals surface area contributed by atoms with Crippen LogP contribution in [0.5, 0.6) is 34.6 Å². The number of hydrogen-bond donors (Lipinski definition) is 0. The van der Waals surface area contributed by atoms with Crippen LogP contribution >= 0.6 is 11.6 Å². The summed E-state index contributed by atoms with van der Waals surface area (Å²) in [6, 6.07) is 28.4. The van der Waals surface area contributed by atoms with Crippen molar-refractivity contribution in [1.82, 2.24) is 9.97 Å². The molecule has 0 aliphatic carbocycles. The maximum Gasteiger partial charge on any atom is 0.409 e. The first-order chi connectivity index (χ1) is 21.4. The Bertz CT molecular complexity index is 1650. The van der Waals surface area contributed by atoms with E-state index in [1.807, 2.05) is 43.3 Å². The molecule has 0 aliphatic rings. The number of carbonyl (C=O) groups is 2. The van der Waals surface area contributed by atoms with Crippen LogP contribution in [0.3, 0.4) is 0 Å². The van der Waals surface area contributed by atoms with Gasteiger partial charge in [-0.1, -0.05) is 54.6 Å². The van der Waals surface area contributed by atoms with E-state index in [1.165, 1.54) is 6.33 Å². The summed E-state index contributed by atoms with van der Waals surface area (Å²) in [6.07, 6.45) is 3.33. The Kier molecular flexibility index (Phi) is 13.2. The highest BCUT2D eigenvalue weighted by Gasteiger charge is 2.13. The molecule has 5 rings (SSSR count). The van der Waals surface area contributed by atoms with E-state index < -0.39 is 5.43 Å². The fourth-order valence-electron chi connectivity index (χ4n) is 3.63. The van der Waals surface area contributed by atoms with E-state index >= 15 is 0 Å². The Balaban J connectivity index is 0.000000340. The number of hydrogen-bond acceptors (Lipinski definition) is 9. The van der Waals surface area contributed by atoms with Crippen molar-refractivity contribution in [1.29, 1.82) is 0 Å². The number of nitrogens with zero attached hydrogens (tertiary/aromatic N) is 2. The molecule has 1 aromatic heterocycles. The Morgan fingerprint density at radius 2 is 1.32 bits per heavy atom. The average molecular weight is 615 g/mol. The number of fused-ring (bicyclic) bond motifs is 1. The first kappa shape index (κ1) is 33.1. The summed E-state index contributed by atoms with van der Waals surface area (Å²) < 4.78 is 26.5. The molecule has 0 fully saturated rings. The monoisotopic (exact) mass is 614 g/mol. The van der Waals surface area contributed by atoms with Crippen LogP contribution < -0.4 is 23.7 Å². The molecule has 0 radical (unpaired) electrons. The van der Waals surface area contributed by atoms with E-state index in [0.717, 1.165) is 5.56 Å². The van der Waals surface area contributed by atoms with Crippen molar-refractivity contribution in [2.45, 2.75) is 13.3 Å². The molecule has 0 bridgehead atoms. The lowest BCUT2D eigenvalue weighted by Crippen LogP contribution is -2.11. The summed E-state index contributed by atoms with van der Waals surface area (Å²) in [5.74, 6) is 2.76. The van der Waals surface area contributed by atoms with Gasteiger partial charge in [0.25, 0.3) is 0 Å². The van der Waals surface area contributed by atoms with Crippen molar-refractivity contribution >= 4 is 33.9 Å². The van der Waals surface area contributed by atoms with Crippen molar-refractivity contribution in [3.8, 4) is 34.6 Å². The quantitative estimate of drug-likeness (QED) is 0.0739. The molecule has 0 spiro atoms. The highest BCUT2D eigenvalue weighted by atomic mass is 35.5. The van der Waals surface area contributed by atoms with E-state index in [4.69, 9.17) is 30.5 Å². The van der Waals surface area contributed by atoms with Crippen molar-refractivity contribution in [2.75, 3.05) is 14.2 Å². The Hall–Kier alpha value is -5.41. The van der Waals surface area contributed by atoms with Crippen LogP contribution in [0.1, 0.15) is 12.5 Å². The van der Waals surface area contributed by atoms with Crippen LogP contribution in [0.25, 0.3) is 10.9 Å². The lowest BCUT2D eigenvalue weighted by atomic mass is 10.1. The molecule has 0 atom stereocenters. The lowest BCUT2D eigenvalue weighted by molar-refractivity contribution is -0.133. The van der Waals surface area contributed by atoms with Gasteiger partial charge < -0.3 is 23.7 Å². The topological polar surface area (TPSA) is 106 Å². The zero-order valence-electron chi connectivity index (χ0n) is 24.4. The number of benzene rings is 4. The van der Waals surface area contributed by atoms with E-state index in [2.05, 4.69) is 21.3 Å². The third-order valence-electron chi connectivity index (χ3n) is 5.51. The molecule has 0 unspecified atom stereocenters. The lowest BCUT2D eigenvalue weighted by Gasteiger charge is -2.11. The first-order valence-electron chi connectivity index (χ1n) is 13.3. The zero-order chi connectivity index (χ0) is 31.7. The molecule has 0 amide bonds. The summed E-state index contributed by atoms with van der Waals surface area (Å²) >= 11 is 4.95. The van der Waals surface area contributed by atoms with Gasteiger partial charge in [-0.15, -0.1) is 6.58 Å². The molecule has 44 heavy (non-hydrogen) atoms. The van der Waals surface area contributed by atoms with Crippen molar-refractivity contribution in [3.05, 3.63) is 122 Å². The predicted molar refractivity (Wildman–Crippen MR) is 169 cm³/mol. The van der Waals surface area contributed by atoms with Crippen LogP contribution in [0.2, 0.25) is 0 Å². The molecule has 0 saturated heterocycles. The second-order valence-corrected chi connectivity index (χ2v) is 8.98. The summed E-state index contributed by atoms with van der Waals surface area (Å²) in [4.78, 5) is 30.8. The molecule has 4 aromatic carbocycles. The van der Waals surface area contributed by atoms with Gasteiger partial charge in [0.15, 0.2) is 11.5 Å². The van der Waals surface area contributed by atoms with Crippen LogP contribution in [0.4, 0.5) is 4.79 Å². The Morgan fingerprint density at radius 1 is 0.773 bits per heavy atom. The minimum absolute atomic E-state index is 0.155. The van der Waals surface area contributed by atoms with Gasteiger partial charge in [-0.3, -0.25) is 4.79 Å². The third-order valence-corrected chi connectivity index (χ3v) is 5.58. The molecular weight excluding hydrogens is 584 g/mol. The van der Waals surface area contributed by atoms with Gasteiger partial charge in [-0.25, -0.2) is 14.8 Å². The first-order valence-corrected chi connectivity index (χ1v) is 13.6. The number of para-hydroxylation sites is 2. The molecule has 226 valence electrons. The minimum Gasteiger partial charge on any atom is -0.493 e. The number of methoxy groups -OCH3 is 2. The molecule has 9 nitrogen and oxygen atoms in total. The molecule has 10 heteroatoms. The Morgan fingerprint density at radius 3 is 1.86 bits per heavy atom. The summed E-state index contributed by atoms with van der Waals surface area (Å²) in [5, 5.41) is 0.690. The standard InChI is InChI=1S/C24H20N2O5.C7H5ClO2.C3H6/c1-28-21-13-19-20(14-22(21)29-2)25-15-26-24(19)31-18-10-8-16(9-11-18)12-23(27)30-17-6-4-3-5-7-17;8-7(9)10-6-4-2-1-3-5-6;1-3-2/h3-11,13-15H,12H2,1-2H3;1-5H;3H,1H2,2H3. The zero-order valence-corrected chi connectivity index (χ0v) is 25.2. The number of halogens is 1. The smallest absolute Gasteiger partial charge is 0.409 e. The van der Waals surface area contributed by atoms with Gasteiger partial charge in [-0.2, -0.15) is 0 Å². The highest BCUT2D eigenvalue weighted by molar-refractivity contribution is 6.61. The maximum atomic E-state index is 12.1. The molecular formula is C34H31ClN2O7. The average Bonchev–Trinajstić information content (AvgIpc) is 3.03. The summed E-state index contributed by atoms with van der Waals surface area (Å²) in [7, 11) is 3.13. The fourth-order valence-corrected chi connectivity index (χ4v) is 3.72. The van der Waals surface area contributed by atoms with Crippen LogP contribution in [-0.4, -0.2) is 35.6 Å².